The number of esters is 2. The van der Waals surface area contributed by atoms with Gasteiger partial charge in [0.1, 0.15) is 0 Å². The van der Waals surface area contributed by atoms with Crippen molar-refractivity contribution < 1.29 is 36.6 Å². The maximum absolute atomic E-state index is 12.8. The number of methoxy groups -OCH3 is 2. The van der Waals surface area contributed by atoms with Gasteiger partial charge in [0.05, 0.1) is 14.2 Å². The molecule has 0 aliphatic carbocycles. The van der Waals surface area contributed by atoms with Crippen LogP contribution in [-0.2, 0) is 19.1 Å². The van der Waals surface area contributed by atoms with Crippen LogP contribution < -0.4 is 0 Å². The summed E-state index contributed by atoms with van der Waals surface area (Å²) in [5.41, 5.74) is 0. The Balaban J connectivity index is 4.24. The highest BCUT2D eigenvalue weighted by Gasteiger charge is 2.46. The van der Waals surface area contributed by atoms with Gasteiger partial charge in [0.15, 0.2) is 0 Å². The third-order valence-corrected chi connectivity index (χ3v) is 4.90. The highest BCUT2D eigenvalue weighted by molar-refractivity contribution is 9.09. The van der Waals surface area contributed by atoms with Crippen molar-refractivity contribution in [3.8, 4) is 0 Å². The number of carbonyl (C=O) groups excluding carboxylic acids is 2. The fourth-order valence-electron chi connectivity index (χ4n) is 0.408. The zero-order valence-corrected chi connectivity index (χ0v) is 10.8. The van der Waals surface area contributed by atoms with Crippen molar-refractivity contribution in [1.82, 2.24) is 0 Å². The van der Waals surface area contributed by atoms with Gasteiger partial charge in [-0.15, -0.1) is 0 Å². The van der Waals surface area contributed by atoms with E-state index in [9.17, 15) is 27.2 Å². The molecular weight excluding hydrogens is 308 g/mol. The zero-order chi connectivity index (χ0) is 13.7. The third kappa shape index (κ3) is 5.25. The van der Waals surface area contributed by atoms with Crippen molar-refractivity contribution in [3.05, 3.63) is 0 Å². The number of ether oxygens (including phenoxy) is 2. The minimum absolute atomic E-state index is 0.114. The monoisotopic (exact) mass is 314 g/mol. The molecule has 0 aliphatic heterocycles. The fraction of sp³-hybridized carbons (Fsp3) is 0.667. The summed E-state index contributed by atoms with van der Waals surface area (Å²) >= 11 is 0. The molecule has 0 aromatic carbocycles. The quantitative estimate of drug-likeness (QED) is 0.424. The van der Waals surface area contributed by atoms with E-state index < -0.39 is 44.0 Å². The van der Waals surface area contributed by atoms with E-state index >= 15 is 0 Å². The Morgan fingerprint density at radius 1 is 0.882 bits per heavy atom. The molecule has 0 fully saturated rings. The molecule has 0 aromatic heterocycles. The van der Waals surface area contributed by atoms with Gasteiger partial charge in [-0.1, -0.05) is 0 Å². The number of hydrogen-bond acceptors (Lipinski definition) is 7. The van der Waals surface area contributed by atoms with Crippen LogP contribution in [0.5, 0.6) is 0 Å². The van der Waals surface area contributed by atoms with Gasteiger partial charge in [-0.25, -0.2) is 9.59 Å². The summed E-state index contributed by atoms with van der Waals surface area (Å²) in [6.07, 6.45) is 0. The molecule has 0 bridgehead atoms. The molecule has 0 heterocycles. The lowest BCUT2D eigenvalue weighted by Crippen LogP contribution is -2.26. The predicted molar refractivity (Wildman–Crippen MR) is 56.7 cm³/mol. The van der Waals surface area contributed by atoms with Gasteiger partial charge in [0, 0.05) is 21.6 Å². The van der Waals surface area contributed by atoms with Crippen LogP contribution in [0.1, 0.15) is 0 Å². The lowest BCUT2D eigenvalue weighted by molar-refractivity contribution is -0.157. The van der Waals surface area contributed by atoms with Gasteiger partial charge in [-0.3, -0.25) is 0 Å². The van der Waals surface area contributed by atoms with E-state index in [0.717, 1.165) is 14.2 Å². The predicted octanol–water partition coefficient (Wildman–Crippen LogP) is 2.55. The maximum atomic E-state index is 12.8. The van der Waals surface area contributed by atoms with E-state index in [-0.39, 0.29) is 9.83 Å². The molecule has 0 saturated carbocycles. The summed E-state index contributed by atoms with van der Waals surface area (Å²) in [4.78, 5) is 21.0. The van der Waals surface area contributed by atoms with Crippen LogP contribution in [0.3, 0.4) is 0 Å². The first-order chi connectivity index (χ1) is 7.67. The van der Waals surface area contributed by atoms with Gasteiger partial charge in [-0.05, 0) is 9.83 Å². The Morgan fingerprint density at radius 2 is 1.18 bits per heavy atom. The molecule has 0 aliphatic rings. The third-order valence-electron chi connectivity index (χ3n) is 1.12. The first-order valence-electron chi connectivity index (χ1n) is 3.63. The molecule has 100 valence electrons. The average Bonchev–Trinajstić information content (AvgIpc) is 2.25. The second kappa shape index (κ2) is 6.59. The van der Waals surface area contributed by atoms with Gasteiger partial charge >= 0.3 is 22.4 Å². The second-order valence-corrected chi connectivity index (χ2v) is 6.38. The standard InChI is InChI=1S/C6H6F4O4S3/c1-13-3(11)5(7,8)15-17-16-6(9,10)4(12)14-2/h1-2H3. The summed E-state index contributed by atoms with van der Waals surface area (Å²) in [6, 6.07) is 0. The van der Waals surface area contributed by atoms with E-state index in [0.29, 0.717) is 0 Å². The molecule has 0 N–H and O–H groups in total. The average molecular weight is 314 g/mol. The van der Waals surface area contributed by atoms with Crippen molar-refractivity contribution in [2.24, 2.45) is 0 Å². The summed E-state index contributed by atoms with van der Waals surface area (Å²) in [7, 11) is 0.454. The highest BCUT2D eigenvalue weighted by Crippen LogP contribution is 2.51. The number of rotatable bonds is 6. The normalized spacial score (nSPS) is 12.1. The van der Waals surface area contributed by atoms with E-state index in [4.69, 9.17) is 0 Å². The topological polar surface area (TPSA) is 52.6 Å². The molecule has 17 heavy (non-hydrogen) atoms. The van der Waals surface area contributed by atoms with Crippen molar-refractivity contribution in [2.75, 3.05) is 14.2 Å². The zero-order valence-electron chi connectivity index (χ0n) is 8.37. The van der Waals surface area contributed by atoms with Crippen molar-refractivity contribution in [2.45, 2.75) is 10.5 Å². The SMILES string of the molecule is COC(=O)C(F)(F)SSSC(F)(F)C(=O)OC. The van der Waals surface area contributed by atoms with Crippen LogP contribution in [-0.4, -0.2) is 36.7 Å². The number of carbonyl (C=O) groups is 2. The van der Waals surface area contributed by atoms with Gasteiger partial charge < -0.3 is 9.47 Å². The molecule has 0 amide bonds. The van der Waals surface area contributed by atoms with Crippen LogP contribution in [0.15, 0.2) is 0 Å². The van der Waals surface area contributed by atoms with Crippen LogP contribution in [0.2, 0.25) is 0 Å². The van der Waals surface area contributed by atoms with Gasteiger partial charge in [-0.2, -0.15) is 17.6 Å². The number of halogens is 4. The number of hydrogen-bond donors (Lipinski definition) is 0. The smallest absolute Gasteiger partial charge is 0.399 e. The van der Waals surface area contributed by atoms with Crippen LogP contribution >= 0.6 is 31.4 Å². The largest absolute Gasteiger partial charge is 0.464 e. The molecular formula is C6H6F4O4S3. The molecule has 0 atom stereocenters. The van der Waals surface area contributed by atoms with Gasteiger partial charge in [0.2, 0.25) is 0 Å². The van der Waals surface area contributed by atoms with E-state index in [1.165, 1.54) is 0 Å². The Morgan fingerprint density at radius 3 is 1.41 bits per heavy atom. The molecule has 0 unspecified atom stereocenters. The van der Waals surface area contributed by atoms with Crippen molar-refractivity contribution >= 4 is 43.4 Å². The molecule has 0 rings (SSSR count). The lowest BCUT2D eigenvalue weighted by Gasteiger charge is -2.14. The van der Waals surface area contributed by atoms with Crippen LogP contribution in [0, 0.1) is 0 Å². The first kappa shape index (κ1) is 16.7. The summed E-state index contributed by atoms with van der Waals surface area (Å²) in [5, 5.41) is -7.95. The van der Waals surface area contributed by atoms with Crippen LogP contribution in [0.4, 0.5) is 17.6 Å². The van der Waals surface area contributed by atoms with Crippen molar-refractivity contribution in [1.29, 1.82) is 0 Å². The molecule has 0 saturated heterocycles. The Hall–Kier alpha value is -0.290. The minimum atomic E-state index is -3.97. The molecule has 0 spiro atoms. The summed E-state index contributed by atoms with van der Waals surface area (Å²) in [6.45, 7) is 0. The Bertz CT molecular complexity index is 271. The fourth-order valence-corrected chi connectivity index (χ4v) is 3.78. The number of alkyl halides is 4. The van der Waals surface area contributed by atoms with E-state index in [2.05, 4.69) is 9.47 Å². The molecule has 4 nitrogen and oxygen atoms in total. The molecule has 0 radical (unpaired) electrons. The highest BCUT2D eigenvalue weighted by atomic mass is 33.5. The Labute approximate surface area is 105 Å². The van der Waals surface area contributed by atoms with Crippen LogP contribution in [0.25, 0.3) is 0 Å². The Kier molecular flexibility index (Phi) is 6.48. The van der Waals surface area contributed by atoms with Crippen molar-refractivity contribution in [3.63, 3.8) is 0 Å². The van der Waals surface area contributed by atoms with Gasteiger partial charge in [0.25, 0.3) is 0 Å². The second-order valence-electron chi connectivity index (χ2n) is 2.25. The summed E-state index contributed by atoms with van der Waals surface area (Å²) in [5.74, 6) is -3.73. The maximum Gasteiger partial charge on any atom is 0.399 e. The lowest BCUT2D eigenvalue weighted by atomic mass is 10.7. The first-order valence-corrected chi connectivity index (χ1v) is 7.11. The summed E-state index contributed by atoms with van der Waals surface area (Å²) < 4.78 is 58.6. The molecule has 0 aromatic rings. The van der Waals surface area contributed by atoms with E-state index in [1.807, 2.05) is 0 Å². The minimum Gasteiger partial charge on any atom is -0.464 e. The van der Waals surface area contributed by atoms with E-state index in [1.54, 1.807) is 0 Å². The molecule has 11 heteroatoms.